The molecule has 0 aliphatic carbocycles. The average molecular weight is 140 g/mol. The molecule has 0 N–H and O–H groups in total. The molecule has 0 heterocycles. The van der Waals surface area contributed by atoms with E-state index < -0.39 is 0 Å². The molecule has 0 radical (unpaired) electrons. The van der Waals surface area contributed by atoms with E-state index >= 15 is 0 Å². The Morgan fingerprint density at radius 2 is 1.00 bits per heavy atom. The monoisotopic (exact) mass is 139 g/mol. The van der Waals surface area contributed by atoms with Gasteiger partial charge in [0.25, 0.3) is 0 Å². The van der Waals surface area contributed by atoms with E-state index in [0.29, 0.717) is 7.92 Å². The Balaban J connectivity index is 0. The summed E-state index contributed by atoms with van der Waals surface area (Å²) < 4.78 is 0. The van der Waals surface area contributed by atoms with Gasteiger partial charge in [0.2, 0.25) is 0 Å². The molecule has 0 aromatic rings. The Morgan fingerprint density at radius 1 is 1.00 bits per heavy atom. The maximum atomic E-state index is 2.23. The standard InChI is InChI=1S/C3H9P.Cu/c1-4(2)3;/h1-3H3;/q;+1. The summed E-state index contributed by atoms with van der Waals surface area (Å²) in [6.45, 7) is 6.69. The van der Waals surface area contributed by atoms with Gasteiger partial charge in [0.05, 0.1) is 0 Å². The van der Waals surface area contributed by atoms with Crippen LogP contribution in [0.1, 0.15) is 0 Å². The van der Waals surface area contributed by atoms with Crippen LogP contribution in [0.15, 0.2) is 0 Å². The summed E-state index contributed by atoms with van der Waals surface area (Å²) in [6.07, 6.45) is 0. The van der Waals surface area contributed by atoms with Gasteiger partial charge in [-0.25, -0.2) is 0 Å². The van der Waals surface area contributed by atoms with Crippen LogP contribution in [0.2, 0.25) is 0 Å². The number of rotatable bonds is 0. The van der Waals surface area contributed by atoms with Gasteiger partial charge < -0.3 is 0 Å². The third-order valence-corrected chi connectivity index (χ3v) is 0. The van der Waals surface area contributed by atoms with Crippen molar-refractivity contribution in [2.75, 3.05) is 20.0 Å². The van der Waals surface area contributed by atoms with Gasteiger partial charge >= 0.3 is 17.1 Å². The van der Waals surface area contributed by atoms with Crippen molar-refractivity contribution >= 4 is 7.92 Å². The van der Waals surface area contributed by atoms with Gasteiger partial charge in [-0.2, -0.15) is 0 Å². The molecule has 0 unspecified atom stereocenters. The zero-order valence-electron chi connectivity index (χ0n) is 3.75. The summed E-state index contributed by atoms with van der Waals surface area (Å²) in [5.74, 6) is 0. The fourth-order valence-electron chi connectivity index (χ4n) is 0. The average Bonchev–Trinajstić information content (AvgIpc) is 0.811. The van der Waals surface area contributed by atoms with Gasteiger partial charge in [-0.05, 0) is 20.0 Å². The van der Waals surface area contributed by atoms with E-state index in [-0.39, 0.29) is 17.1 Å². The molecule has 0 amide bonds. The molecule has 36 valence electrons. The maximum absolute atomic E-state index is 2.23. The molecule has 0 aromatic heterocycles. The first-order chi connectivity index (χ1) is 1.73. The normalized spacial score (nSPS) is 7.20. The van der Waals surface area contributed by atoms with Gasteiger partial charge in [-0.1, -0.05) is 0 Å². The molecule has 0 nitrogen and oxygen atoms in total. The summed E-state index contributed by atoms with van der Waals surface area (Å²) in [5.41, 5.74) is 0. The first-order valence-corrected chi connectivity index (χ1v) is 4.02. The molecule has 0 aliphatic rings. The first kappa shape index (κ1) is 9.34. The van der Waals surface area contributed by atoms with Crippen molar-refractivity contribution in [2.24, 2.45) is 0 Å². The maximum Gasteiger partial charge on any atom is 1.00 e. The van der Waals surface area contributed by atoms with Crippen molar-refractivity contribution in [3.05, 3.63) is 0 Å². The Labute approximate surface area is 45.6 Å². The number of hydrogen-bond acceptors (Lipinski definition) is 0. The van der Waals surface area contributed by atoms with Crippen molar-refractivity contribution in [3.8, 4) is 0 Å². The minimum absolute atomic E-state index is 0. The molecule has 2 heteroatoms. The molecule has 0 fully saturated rings. The fraction of sp³-hybridized carbons (Fsp3) is 1.00. The third kappa shape index (κ3) is 47.8. The van der Waals surface area contributed by atoms with E-state index in [1.165, 1.54) is 0 Å². The van der Waals surface area contributed by atoms with E-state index in [1.54, 1.807) is 0 Å². The summed E-state index contributed by atoms with van der Waals surface area (Å²) in [5, 5.41) is 0. The first-order valence-electron chi connectivity index (χ1n) is 1.34. The van der Waals surface area contributed by atoms with Crippen molar-refractivity contribution < 1.29 is 17.1 Å². The summed E-state index contributed by atoms with van der Waals surface area (Å²) in [6, 6.07) is 0. The predicted molar refractivity (Wildman–Crippen MR) is 24.7 cm³/mol. The Hall–Kier alpha value is 0.949. The molecular formula is C3H9CuP+. The van der Waals surface area contributed by atoms with E-state index in [2.05, 4.69) is 20.0 Å². The van der Waals surface area contributed by atoms with Crippen LogP contribution in [0, 0.1) is 0 Å². The zero-order valence-corrected chi connectivity index (χ0v) is 5.58. The molecule has 0 rings (SSSR count). The molecule has 0 saturated heterocycles. The minimum atomic E-state index is 0. The van der Waals surface area contributed by atoms with Gasteiger partial charge in [0.15, 0.2) is 0 Å². The molecular weight excluding hydrogens is 131 g/mol. The minimum Gasteiger partial charge on any atom is -0.116 e. The number of hydrogen-bond donors (Lipinski definition) is 0. The van der Waals surface area contributed by atoms with Crippen molar-refractivity contribution in [2.45, 2.75) is 0 Å². The molecule has 0 aliphatic heterocycles. The largest absolute Gasteiger partial charge is 1.00 e. The smallest absolute Gasteiger partial charge is 0.116 e. The fourth-order valence-corrected chi connectivity index (χ4v) is 0. The van der Waals surface area contributed by atoms with Crippen LogP contribution in [-0.2, 0) is 17.1 Å². The van der Waals surface area contributed by atoms with E-state index in [0.717, 1.165) is 0 Å². The second kappa shape index (κ2) is 4.95. The van der Waals surface area contributed by atoms with Crippen molar-refractivity contribution in [1.82, 2.24) is 0 Å². The summed E-state index contributed by atoms with van der Waals surface area (Å²) in [4.78, 5) is 0. The van der Waals surface area contributed by atoms with E-state index in [9.17, 15) is 0 Å². The third-order valence-electron chi connectivity index (χ3n) is 0. The van der Waals surface area contributed by atoms with Crippen LogP contribution in [0.25, 0.3) is 0 Å². The van der Waals surface area contributed by atoms with Crippen molar-refractivity contribution in [1.29, 1.82) is 0 Å². The summed E-state index contributed by atoms with van der Waals surface area (Å²) >= 11 is 0. The van der Waals surface area contributed by atoms with Crippen LogP contribution in [0.5, 0.6) is 0 Å². The summed E-state index contributed by atoms with van der Waals surface area (Å²) in [7, 11) is 0.380. The Bertz CT molecular complexity index is 11.6. The quantitative estimate of drug-likeness (QED) is 0.351. The van der Waals surface area contributed by atoms with Crippen LogP contribution >= 0.6 is 7.92 Å². The van der Waals surface area contributed by atoms with Crippen LogP contribution in [0.3, 0.4) is 0 Å². The molecule has 5 heavy (non-hydrogen) atoms. The zero-order chi connectivity index (χ0) is 3.58. The van der Waals surface area contributed by atoms with Gasteiger partial charge in [0.1, 0.15) is 0 Å². The van der Waals surface area contributed by atoms with Gasteiger partial charge in [-0.3, -0.25) is 0 Å². The Morgan fingerprint density at radius 3 is 1.00 bits per heavy atom. The molecule has 0 atom stereocenters. The molecule has 0 bridgehead atoms. The predicted octanol–water partition coefficient (Wildman–Crippen LogP) is 1.36. The van der Waals surface area contributed by atoms with Gasteiger partial charge in [0, 0.05) is 0 Å². The topological polar surface area (TPSA) is 0 Å². The SMILES string of the molecule is CP(C)C.[Cu+]. The van der Waals surface area contributed by atoms with Gasteiger partial charge in [-0.15, -0.1) is 7.92 Å². The second-order valence-corrected chi connectivity index (χ2v) is 4.02. The van der Waals surface area contributed by atoms with Crippen molar-refractivity contribution in [3.63, 3.8) is 0 Å². The Kier molecular flexibility index (Phi) is 9.25. The van der Waals surface area contributed by atoms with E-state index in [1.807, 2.05) is 0 Å². The molecule has 0 aromatic carbocycles. The molecule has 0 saturated carbocycles. The second-order valence-electron chi connectivity index (χ2n) is 1.34. The van der Waals surface area contributed by atoms with Crippen LogP contribution < -0.4 is 0 Å². The van der Waals surface area contributed by atoms with Crippen LogP contribution in [-0.4, -0.2) is 20.0 Å². The van der Waals surface area contributed by atoms with Crippen LogP contribution in [0.4, 0.5) is 0 Å². The van der Waals surface area contributed by atoms with E-state index in [4.69, 9.17) is 0 Å². The molecule has 0 spiro atoms.